The van der Waals surface area contributed by atoms with E-state index in [9.17, 15) is 4.79 Å². The Morgan fingerprint density at radius 2 is 1.85 bits per heavy atom. The molecule has 0 saturated carbocycles. The molecular weight excluding hydrogens is 336 g/mol. The number of alkyl carbamates (subject to hydrolysis) is 1. The highest BCUT2D eigenvalue weighted by atomic mass is 16.5. The summed E-state index contributed by atoms with van der Waals surface area (Å²) < 4.78 is 5.14. The van der Waals surface area contributed by atoms with Gasteiger partial charge in [-0.05, 0) is 56.2 Å². The topological polar surface area (TPSA) is 41.6 Å². The third kappa shape index (κ3) is 5.01. The minimum absolute atomic E-state index is 0.160. The molecule has 0 fully saturated rings. The largest absolute Gasteiger partial charge is 0.450 e. The highest BCUT2D eigenvalue weighted by molar-refractivity contribution is 5.86. The average Bonchev–Trinajstić information content (AvgIpc) is 2.67. The first-order valence-electron chi connectivity index (χ1n) is 9.98. The maximum atomic E-state index is 12.1. The molecule has 0 aliphatic rings. The minimum Gasteiger partial charge on any atom is -0.450 e. The second kappa shape index (κ2) is 9.75. The Labute approximate surface area is 163 Å². The van der Waals surface area contributed by atoms with Crippen LogP contribution in [-0.4, -0.2) is 44.8 Å². The fourth-order valence-corrected chi connectivity index (χ4v) is 3.89. The van der Waals surface area contributed by atoms with Crippen molar-refractivity contribution in [3.05, 3.63) is 48.0 Å². The Kier molecular flexibility index (Phi) is 7.66. The van der Waals surface area contributed by atoms with Crippen LogP contribution in [0.5, 0.6) is 0 Å². The van der Waals surface area contributed by atoms with E-state index in [0.717, 1.165) is 19.4 Å². The normalized spacial score (nSPS) is 14.7. The van der Waals surface area contributed by atoms with Crippen LogP contribution in [-0.2, 0) is 10.2 Å². The summed E-state index contributed by atoms with van der Waals surface area (Å²) >= 11 is 0. The van der Waals surface area contributed by atoms with Crippen LogP contribution in [0.2, 0.25) is 0 Å². The van der Waals surface area contributed by atoms with Gasteiger partial charge < -0.3 is 15.0 Å². The number of ether oxygens (including phenoxy) is 1. The quantitative estimate of drug-likeness (QED) is 0.688. The number of fused-ring (bicyclic) bond motifs is 1. The first kappa shape index (κ1) is 21.2. The summed E-state index contributed by atoms with van der Waals surface area (Å²) in [6.07, 6.45) is 1.67. The second-order valence-electron chi connectivity index (χ2n) is 7.62. The summed E-state index contributed by atoms with van der Waals surface area (Å²) in [5.74, 6) is 0.408. The fraction of sp³-hybridized carbons (Fsp3) is 0.522. The molecule has 0 aromatic heterocycles. The molecule has 2 aromatic carbocycles. The molecule has 0 spiro atoms. The Morgan fingerprint density at radius 3 is 2.52 bits per heavy atom. The van der Waals surface area contributed by atoms with E-state index in [-0.39, 0.29) is 11.5 Å². The Balaban J connectivity index is 2.55. The van der Waals surface area contributed by atoms with Gasteiger partial charge in [0.15, 0.2) is 0 Å². The van der Waals surface area contributed by atoms with E-state index in [1.54, 1.807) is 0 Å². The maximum Gasteiger partial charge on any atom is 0.407 e. The highest BCUT2D eigenvalue weighted by Crippen LogP contribution is 2.41. The predicted octanol–water partition coefficient (Wildman–Crippen LogP) is 4.82. The smallest absolute Gasteiger partial charge is 0.407 e. The third-order valence-corrected chi connectivity index (χ3v) is 5.71. The van der Waals surface area contributed by atoms with Crippen molar-refractivity contribution in [3.8, 4) is 0 Å². The van der Waals surface area contributed by atoms with Crippen molar-refractivity contribution in [1.82, 2.24) is 10.2 Å². The molecule has 1 amide bonds. The SMILES string of the molecule is CCOC(=O)NCC(CCN(C)C)(c1cccc2ccccc12)C(C)CC. The third-order valence-electron chi connectivity index (χ3n) is 5.71. The van der Waals surface area contributed by atoms with Gasteiger partial charge in [-0.2, -0.15) is 0 Å². The number of nitrogens with zero attached hydrogens (tertiary/aromatic N) is 1. The predicted molar refractivity (Wildman–Crippen MR) is 113 cm³/mol. The lowest BCUT2D eigenvalue weighted by atomic mass is 9.66. The number of carbonyl (C=O) groups excluding carboxylic acids is 1. The summed E-state index contributed by atoms with van der Waals surface area (Å²) in [7, 11) is 4.20. The summed E-state index contributed by atoms with van der Waals surface area (Å²) in [5.41, 5.74) is 1.15. The van der Waals surface area contributed by atoms with Crippen LogP contribution in [0.1, 0.15) is 39.2 Å². The Morgan fingerprint density at radius 1 is 1.15 bits per heavy atom. The molecule has 2 rings (SSSR count). The minimum atomic E-state index is -0.338. The Hall–Kier alpha value is -2.07. The van der Waals surface area contributed by atoms with Crippen molar-refractivity contribution in [3.63, 3.8) is 0 Å². The molecule has 0 bridgehead atoms. The van der Waals surface area contributed by atoms with E-state index < -0.39 is 0 Å². The average molecular weight is 371 g/mol. The van der Waals surface area contributed by atoms with Crippen LogP contribution in [0.15, 0.2) is 42.5 Å². The molecule has 2 aromatic rings. The van der Waals surface area contributed by atoms with E-state index in [1.807, 2.05) is 6.92 Å². The van der Waals surface area contributed by atoms with E-state index in [4.69, 9.17) is 4.74 Å². The fourth-order valence-electron chi connectivity index (χ4n) is 3.89. The zero-order chi connectivity index (χ0) is 19.9. The number of nitrogens with one attached hydrogen (secondary N) is 1. The number of carbonyl (C=O) groups is 1. The van der Waals surface area contributed by atoms with Crippen LogP contribution >= 0.6 is 0 Å². The van der Waals surface area contributed by atoms with Crippen molar-refractivity contribution in [2.24, 2.45) is 5.92 Å². The molecular formula is C23H34N2O2. The van der Waals surface area contributed by atoms with Gasteiger partial charge in [0.05, 0.1) is 6.61 Å². The molecule has 0 aliphatic heterocycles. The van der Waals surface area contributed by atoms with Crippen molar-refractivity contribution in [1.29, 1.82) is 0 Å². The van der Waals surface area contributed by atoms with Gasteiger partial charge >= 0.3 is 6.09 Å². The van der Waals surface area contributed by atoms with Gasteiger partial charge in [-0.15, -0.1) is 0 Å². The van der Waals surface area contributed by atoms with Gasteiger partial charge in [0, 0.05) is 12.0 Å². The molecule has 1 N–H and O–H groups in total. The van der Waals surface area contributed by atoms with E-state index in [1.165, 1.54) is 16.3 Å². The summed E-state index contributed by atoms with van der Waals surface area (Å²) in [5, 5.41) is 5.55. The Bertz CT molecular complexity index is 739. The van der Waals surface area contributed by atoms with Gasteiger partial charge in [-0.1, -0.05) is 62.7 Å². The van der Waals surface area contributed by atoms with Crippen molar-refractivity contribution in [2.45, 2.75) is 39.0 Å². The van der Waals surface area contributed by atoms with Crippen LogP contribution in [0.25, 0.3) is 10.8 Å². The van der Waals surface area contributed by atoms with Gasteiger partial charge in [0.25, 0.3) is 0 Å². The summed E-state index contributed by atoms with van der Waals surface area (Å²) in [6.45, 7) is 8.27. The van der Waals surface area contributed by atoms with Gasteiger partial charge in [-0.3, -0.25) is 0 Å². The van der Waals surface area contributed by atoms with Crippen LogP contribution < -0.4 is 5.32 Å². The molecule has 0 saturated heterocycles. The number of rotatable bonds is 9. The molecule has 4 nitrogen and oxygen atoms in total. The first-order valence-corrected chi connectivity index (χ1v) is 9.98. The van der Waals surface area contributed by atoms with Gasteiger partial charge in [0.1, 0.15) is 0 Å². The zero-order valence-electron chi connectivity index (χ0n) is 17.4. The standard InChI is InChI=1S/C23H34N2O2/c1-6-18(3)23(15-16-25(4)5,17-24-22(26)27-7-2)21-14-10-12-19-11-8-9-13-20(19)21/h8-14,18H,6-7,15-17H2,1-5H3,(H,24,26). The lowest BCUT2D eigenvalue weighted by Crippen LogP contribution is -2.47. The lowest BCUT2D eigenvalue weighted by Gasteiger charge is -2.41. The van der Waals surface area contributed by atoms with Crippen LogP contribution in [0.3, 0.4) is 0 Å². The molecule has 27 heavy (non-hydrogen) atoms. The number of amides is 1. The highest BCUT2D eigenvalue weighted by Gasteiger charge is 2.38. The molecule has 0 heterocycles. The van der Waals surface area contributed by atoms with Crippen LogP contribution in [0, 0.1) is 5.92 Å². The number of hydrogen-bond donors (Lipinski definition) is 1. The summed E-state index contributed by atoms with van der Waals surface area (Å²) in [4.78, 5) is 14.3. The van der Waals surface area contributed by atoms with Crippen molar-refractivity contribution in [2.75, 3.05) is 33.8 Å². The number of benzene rings is 2. The van der Waals surface area contributed by atoms with Crippen molar-refractivity contribution < 1.29 is 9.53 Å². The van der Waals surface area contributed by atoms with E-state index >= 15 is 0 Å². The molecule has 4 heteroatoms. The zero-order valence-corrected chi connectivity index (χ0v) is 17.4. The van der Waals surface area contributed by atoms with Crippen molar-refractivity contribution >= 4 is 16.9 Å². The summed E-state index contributed by atoms with van der Waals surface area (Å²) in [6, 6.07) is 15.1. The first-order chi connectivity index (χ1) is 12.9. The van der Waals surface area contributed by atoms with Gasteiger partial charge in [0.2, 0.25) is 0 Å². The van der Waals surface area contributed by atoms with E-state index in [0.29, 0.717) is 19.1 Å². The van der Waals surface area contributed by atoms with Gasteiger partial charge in [-0.25, -0.2) is 4.79 Å². The maximum absolute atomic E-state index is 12.1. The number of hydrogen-bond acceptors (Lipinski definition) is 3. The molecule has 2 atom stereocenters. The molecule has 148 valence electrons. The second-order valence-corrected chi connectivity index (χ2v) is 7.62. The molecule has 0 aliphatic carbocycles. The lowest BCUT2D eigenvalue weighted by molar-refractivity contribution is 0.143. The van der Waals surface area contributed by atoms with E-state index in [2.05, 4.69) is 80.6 Å². The monoisotopic (exact) mass is 370 g/mol. The molecule has 2 unspecified atom stereocenters. The molecule has 0 radical (unpaired) electrons. The van der Waals surface area contributed by atoms with Crippen LogP contribution in [0.4, 0.5) is 4.79 Å².